The molecular weight excluding hydrogens is 352 g/mol. The van der Waals surface area contributed by atoms with Crippen LogP contribution in [-0.4, -0.2) is 52.5 Å². The first-order valence-electron chi connectivity index (χ1n) is 9.48. The van der Waals surface area contributed by atoms with E-state index in [0.29, 0.717) is 19.3 Å². The van der Waals surface area contributed by atoms with Gasteiger partial charge in [-0.25, -0.2) is 9.59 Å². The molecule has 0 radical (unpaired) electrons. The number of ether oxygens (including phenoxy) is 2. The number of esters is 1. The van der Waals surface area contributed by atoms with Crippen LogP contribution < -0.4 is 10.6 Å². The summed E-state index contributed by atoms with van der Waals surface area (Å²) in [7, 11) is 0. The molecule has 156 valence electrons. The highest BCUT2D eigenvalue weighted by atomic mass is 16.6. The van der Waals surface area contributed by atoms with Crippen LogP contribution in [-0.2, 0) is 19.1 Å². The first-order chi connectivity index (χ1) is 12.3. The Bertz CT molecular complexity index is 535. The van der Waals surface area contributed by atoms with E-state index in [4.69, 9.17) is 9.47 Å². The fraction of sp³-hybridized carbons (Fsp3) is 0.842. The predicted octanol–water partition coefficient (Wildman–Crippen LogP) is 2.60. The molecule has 0 aromatic carbocycles. The van der Waals surface area contributed by atoms with Gasteiger partial charge in [0.15, 0.2) is 0 Å². The van der Waals surface area contributed by atoms with Crippen LogP contribution in [0.15, 0.2) is 0 Å². The highest BCUT2D eigenvalue weighted by Crippen LogP contribution is 2.20. The molecule has 1 heterocycles. The molecule has 1 saturated heterocycles. The lowest BCUT2D eigenvalue weighted by molar-refractivity contribution is -0.157. The number of nitrogens with one attached hydrogen (secondary N) is 2. The molecule has 0 aromatic heterocycles. The normalized spacial score (nSPS) is 21.4. The summed E-state index contributed by atoms with van der Waals surface area (Å²) in [6.07, 6.45) is 2.42. The van der Waals surface area contributed by atoms with Gasteiger partial charge in [-0.05, 0) is 73.6 Å². The summed E-state index contributed by atoms with van der Waals surface area (Å²) in [5, 5.41) is 14.9. The van der Waals surface area contributed by atoms with Gasteiger partial charge < -0.3 is 25.2 Å². The molecule has 0 spiro atoms. The summed E-state index contributed by atoms with van der Waals surface area (Å²) in [5.74, 6) is -1.34. The fourth-order valence-corrected chi connectivity index (χ4v) is 2.88. The number of carbonyl (C=O) groups excluding carboxylic acids is 2. The van der Waals surface area contributed by atoms with Crippen molar-refractivity contribution in [1.82, 2.24) is 10.6 Å². The quantitative estimate of drug-likeness (QED) is 0.576. The summed E-state index contributed by atoms with van der Waals surface area (Å²) in [5.41, 5.74) is -1.20. The number of carboxylic acids is 1. The number of amides is 1. The summed E-state index contributed by atoms with van der Waals surface area (Å²) < 4.78 is 10.5. The number of hydrogen-bond acceptors (Lipinski definition) is 6. The fourth-order valence-electron chi connectivity index (χ4n) is 2.88. The molecular formula is C19H34N2O6. The lowest BCUT2D eigenvalue weighted by Crippen LogP contribution is -2.43. The Morgan fingerprint density at radius 3 is 2.19 bits per heavy atom. The first-order valence-corrected chi connectivity index (χ1v) is 9.48. The van der Waals surface area contributed by atoms with Crippen LogP contribution in [0.5, 0.6) is 0 Å². The van der Waals surface area contributed by atoms with Crippen molar-refractivity contribution in [2.45, 2.75) is 103 Å². The lowest BCUT2D eigenvalue weighted by atomic mass is 10.0. The summed E-state index contributed by atoms with van der Waals surface area (Å²) in [4.78, 5) is 35.2. The number of carbonyl (C=O) groups is 3. The molecule has 8 heteroatoms. The van der Waals surface area contributed by atoms with E-state index in [2.05, 4.69) is 10.6 Å². The molecule has 0 aromatic rings. The van der Waals surface area contributed by atoms with Crippen molar-refractivity contribution in [3.05, 3.63) is 0 Å². The Kier molecular flexibility index (Phi) is 8.07. The van der Waals surface area contributed by atoms with Gasteiger partial charge in [-0.1, -0.05) is 0 Å². The van der Waals surface area contributed by atoms with Crippen molar-refractivity contribution in [2.75, 3.05) is 0 Å². The van der Waals surface area contributed by atoms with E-state index in [9.17, 15) is 19.5 Å². The second-order valence-electron chi connectivity index (χ2n) is 8.99. The molecule has 1 unspecified atom stereocenters. The number of hydrogen-bond donors (Lipinski definition) is 3. The summed E-state index contributed by atoms with van der Waals surface area (Å²) in [6.45, 7) is 10.7. The van der Waals surface area contributed by atoms with E-state index >= 15 is 0 Å². The van der Waals surface area contributed by atoms with Crippen molar-refractivity contribution in [1.29, 1.82) is 0 Å². The predicted molar refractivity (Wildman–Crippen MR) is 100 cm³/mol. The minimum atomic E-state index is -1.09. The molecule has 0 aliphatic carbocycles. The van der Waals surface area contributed by atoms with Gasteiger partial charge >= 0.3 is 18.0 Å². The van der Waals surface area contributed by atoms with Crippen molar-refractivity contribution in [2.24, 2.45) is 0 Å². The van der Waals surface area contributed by atoms with E-state index in [1.54, 1.807) is 20.8 Å². The molecule has 3 N–H and O–H groups in total. The van der Waals surface area contributed by atoms with Gasteiger partial charge in [0.2, 0.25) is 0 Å². The van der Waals surface area contributed by atoms with E-state index in [1.807, 2.05) is 20.8 Å². The van der Waals surface area contributed by atoms with E-state index in [1.165, 1.54) is 0 Å². The third-order valence-corrected chi connectivity index (χ3v) is 3.97. The Morgan fingerprint density at radius 1 is 1.07 bits per heavy atom. The smallest absolute Gasteiger partial charge is 0.408 e. The molecule has 1 fully saturated rings. The maximum atomic E-state index is 12.1. The minimum Gasteiger partial charge on any atom is -0.480 e. The minimum absolute atomic E-state index is 0.137. The average molecular weight is 386 g/mol. The molecule has 8 nitrogen and oxygen atoms in total. The number of aliphatic carboxylic acids is 1. The zero-order valence-corrected chi connectivity index (χ0v) is 17.3. The van der Waals surface area contributed by atoms with Gasteiger partial charge in [0.25, 0.3) is 0 Å². The second kappa shape index (κ2) is 9.39. The van der Waals surface area contributed by atoms with Crippen LogP contribution in [0, 0.1) is 0 Å². The molecule has 1 aliphatic rings. The number of alkyl carbamates (subject to hydrolysis) is 1. The van der Waals surface area contributed by atoms with Crippen molar-refractivity contribution < 1.29 is 29.0 Å². The molecule has 1 aliphatic heterocycles. The number of carboxylic acid groups (broad SMARTS) is 1. The highest BCUT2D eigenvalue weighted by molar-refractivity contribution is 5.80. The second-order valence-corrected chi connectivity index (χ2v) is 8.99. The van der Waals surface area contributed by atoms with Crippen LogP contribution in [0.3, 0.4) is 0 Å². The Hall–Kier alpha value is -1.83. The topological polar surface area (TPSA) is 114 Å². The van der Waals surface area contributed by atoms with Crippen LogP contribution in [0.1, 0.15) is 73.6 Å². The average Bonchev–Trinajstić information content (AvgIpc) is 2.91. The van der Waals surface area contributed by atoms with Gasteiger partial charge in [0, 0.05) is 6.04 Å². The summed E-state index contributed by atoms with van der Waals surface area (Å²) >= 11 is 0. The largest absolute Gasteiger partial charge is 0.480 e. The van der Waals surface area contributed by atoms with E-state index < -0.39 is 29.3 Å². The molecule has 1 rings (SSSR count). The maximum Gasteiger partial charge on any atom is 0.408 e. The van der Waals surface area contributed by atoms with E-state index in [-0.39, 0.29) is 18.1 Å². The third-order valence-electron chi connectivity index (χ3n) is 3.97. The Morgan fingerprint density at radius 2 is 1.67 bits per heavy atom. The van der Waals surface area contributed by atoms with Crippen LogP contribution in [0.4, 0.5) is 4.79 Å². The van der Waals surface area contributed by atoms with Gasteiger partial charge in [-0.3, -0.25) is 4.79 Å². The van der Waals surface area contributed by atoms with Crippen LogP contribution >= 0.6 is 0 Å². The number of rotatable bonds is 7. The third kappa shape index (κ3) is 9.60. The van der Waals surface area contributed by atoms with Crippen molar-refractivity contribution >= 4 is 18.0 Å². The van der Waals surface area contributed by atoms with Gasteiger partial charge in [-0.2, -0.15) is 0 Å². The maximum absolute atomic E-state index is 12.1. The standard InChI is InChI=1S/C19H34N2O6/c1-18(2,3)26-16(24)14-11-10-12(20-14)8-7-9-13(15(22)23)21-17(25)27-19(4,5)6/h12-14,20H,7-11H2,1-6H3,(H,21,25)(H,22,23)/t12-,13?,14+/m1/s1. The van der Waals surface area contributed by atoms with Gasteiger partial charge in [-0.15, -0.1) is 0 Å². The van der Waals surface area contributed by atoms with Crippen LogP contribution in [0.2, 0.25) is 0 Å². The monoisotopic (exact) mass is 386 g/mol. The highest BCUT2D eigenvalue weighted by Gasteiger charge is 2.32. The van der Waals surface area contributed by atoms with Gasteiger partial charge in [0.05, 0.1) is 0 Å². The lowest BCUT2D eigenvalue weighted by Gasteiger charge is -2.23. The zero-order valence-electron chi connectivity index (χ0n) is 17.3. The van der Waals surface area contributed by atoms with Crippen LogP contribution in [0.25, 0.3) is 0 Å². The molecule has 1 amide bonds. The molecule has 27 heavy (non-hydrogen) atoms. The van der Waals surface area contributed by atoms with Gasteiger partial charge in [0.1, 0.15) is 23.3 Å². The first kappa shape index (κ1) is 23.2. The molecule has 3 atom stereocenters. The molecule has 0 bridgehead atoms. The molecule has 0 saturated carbocycles. The van der Waals surface area contributed by atoms with E-state index in [0.717, 1.165) is 12.8 Å². The zero-order chi connectivity index (χ0) is 20.8. The Balaban J connectivity index is 2.39. The van der Waals surface area contributed by atoms with Crippen molar-refractivity contribution in [3.63, 3.8) is 0 Å². The summed E-state index contributed by atoms with van der Waals surface area (Å²) in [6, 6.07) is -1.18. The van der Waals surface area contributed by atoms with Crippen molar-refractivity contribution in [3.8, 4) is 0 Å². The SMILES string of the molecule is CC(C)(C)OC(=O)NC(CCC[C@@H]1CC[C@@H](C(=O)OC(C)(C)C)N1)C(=O)O. The Labute approximate surface area is 161 Å².